The molecule has 0 radical (unpaired) electrons. The Balaban J connectivity index is 3.16. The molecule has 118 valence electrons. The third kappa shape index (κ3) is 3.85. The molecule has 0 aliphatic heterocycles. The Kier molecular flexibility index (Phi) is 5.98. The number of rotatable bonds is 7. The minimum atomic E-state index is -1.74. The Hall–Kier alpha value is -0.893. The van der Waals surface area contributed by atoms with Gasteiger partial charge >= 0.3 is 0 Å². The first kappa shape index (κ1) is 18.2. The lowest BCUT2D eigenvalue weighted by atomic mass is 9.99. The van der Waals surface area contributed by atoms with Gasteiger partial charge in [0.2, 0.25) is 0 Å². The number of hydrogen-bond acceptors (Lipinski definition) is 1. The van der Waals surface area contributed by atoms with Gasteiger partial charge in [-0.2, -0.15) is 0 Å². The molecule has 0 spiro atoms. The highest BCUT2D eigenvalue weighted by atomic mass is 28.3. The third-order valence-electron chi connectivity index (χ3n) is 5.99. The van der Waals surface area contributed by atoms with Crippen LogP contribution in [0.5, 0.6) is 0 Å². The van der Waals surface area contributed by atoms with Gasteiger partial charge in [-0.15, -0.1) is 0 Å². The van der Waals surface area contributed by atoms with Gasteiger partial charge in [0.1, 0.15) is 5.78 Å². The largest absolute Gasteiger partial charge is 0.300 e. The summed E-state index contributed by atoms with van der Waals surface area (Å²) in [7, 11) is -1.74. The van der Waals surface area contributed by atoms with E-state index >= 15 is 0 Å². The number of ketones is 1. The van der Waals surface area contributed by atoms with Gasteiger partial charge in [0.05, 0.1) is 8.07 Å². The maximum atomic E-state index is 12.7. The Morgan fingerprint density at radius 2 is 1.67 bits per heavy atom. The summed E-state index contributed by atoms with van der Waals surface area (Å²) < 4.78 is 0. The van der Waals surface area contributed by atoms with E-state index in [-0.39, 0.29) is 10.6 Å². The van der Waals surface area contributed by atoms with Gasteiger partial charge in [-0.25, -0.2) is 0 Å². The molecule has 1 nitrogen and oxygen atoms in total. The van der Waals surface area contributed by atoms with Crippen LogP contribution in [0.2, 0.25) is 23.7 Å². The lowest BCUT2D eigenvalue weighted by molar-refractivity contribution is -0.118. The van der Waals surface area contributed by atoms with Crippen molar-refractivity contribution in [3.05, 3.63) is 35.9 Å². The number of Topliss-reactive ketones (excluding diaryl/α,β-unsaturated/α-hetero) is 1. The van der Waals surface area contributed by atoms with Crippen molar-refractivity contribution >= 4 is 13.9 Å². The molecule has 2 heteroatoms. The lowest BCUT2D eigenvalue weighted by Gasteiger charge is -2.47. The predicted octanol–water partition coefficient (Wildman–Crippen LogP) is 5.72. The van der Waals surface area contributed by atoms with E-state index in [9.17, 15) is 4.79 Å². The van der Waals surface area contributed by atoms with Gasteiger partial charge < -0.3 is 0 Å². The van der Waals surface area contributed by atoms with Crippen molar-refractivity contribution in [2.75, 3.05) is 0 Å². The third-order valence-corrected chi connectivity index (χ3v) is 12.2. The van der Waals surface area contributed by atoms with Crippen LogP contribution >= 0.6 is 0 Å². The molecule has 21 heavy (non-hydrogen) atoms. The van der Waals surface area contributed by atoms with Gasteiger partial charge in [-0.3, -0.25) is 4.79 Å². The van der Waals surface area contributed by atoms with E-state index in [1.807, 2.05) is 13.0 Å². The molecule has 0 amide bonds. The van der Waals surface area contributed by atoms with Crippen LogP contribution in [0.15, 0.2) is 30.3 Å². The van der Waals surface area contributed by atoms with Crippen LogP contribution in [0, 0.1) is 5.92 Å². The molecule has 0 saturated heterocycles. The van der Waals surface area contributed by atoms with Crippen molar-refractivity contribution < 1.29 is 4.79 Å². The summed E-state index contributed by atoms with van der Waals surface area (Å²) >= 11 is 0. The maximum Gasteiger partial charge on any atom is 0.133 e. The molecule has 1 aromatic rings. The van der Waals surface area contributed by atoms with Crippen LogP contribution in [0.25, 0.3) is 0 Å². The summed E-state index contributed by atoms with van der Waals surface area (Å²) in [5, 5.41) is 0.247. The van der Waals surface area contributed by atoms with Gasteiger partial charge in [0, 0.05) is 12.0 Å². The summed E-state index contributed by atoms with van der Waals surface area (Å²) in [6, 6.07) is 10.5. The average molecular weight is 305 g/mol. The molecule has 0 fully saturated rings. The molecule has 0 aliphatic rings. The lowest BCUT2D eigenvalue weighted by Crippen LogP contribution is -2.49. The zero-order valence-electron chi connectivity index (χ0n) is 14.9. The summed E-state index contributed by atoms with van der Waals surface area (Å²) in [6.45, 7) is 16.2. The number of carbonyl (C=O) groups is 1. The first-order chi connectivity index (χ1) is 9.64. The normalized spacial score (nSPS) is 14.3. The quantitative estimate of drug-likeness (QED) is 0.588. The van der Waals surface area contributed by atoms with E-state index < -0.39 is 8.07 Å². The monoisotopic (exact) mass is 304 g/mol. The highest BCUT2D eigenvalue weighted by Gasteiger charge is 2.48. The highest BCUT2D eigenvalue weighted by molar-refractivity contribution is 6.84. The van der Waals surface area contributed by atoms with E-state index in [1.54, 1.807) is 0 Å². The van der Waals surface area contributed by atoms with Crippen LogP contribution in [0.4, 0.5) is 0 Å². The fourth-order valence-electron chi connectivity index (χ4n) is 3.06. The molecule has 0 heterocycles. The molecule has 0 aliphatic carbocycles. The van der Waals surface area contributed by atoms with E-state index in [0.29, 0.717) is 18.1 Å². The SMILES string of the molecule is CCC(=O)[C@H](Cc1ccccc1)[Si](C)(C)C(C)(C)C(C)C. The van der Waals surface area contributed by atoms with Crippen LogP contribution in [0.1, 0.15) is 46.6 Å². The van der Waals surface area contributed by atoms with E-state index in [2.05, 4.69) is 65.1 Å². The zero-order chi connectivity index (χ0) is 16.3. The molecule has 0 bridgehead atoms. The van der Waals surface area contributed by atoms with Crippen molar-refractivity contribution in [2.24, 2.45) is 5.92 Å². The fourth-order valence-corrected chi connectivity index (χ4v) is 7.20. The minimum absolute atomic E-state index is 0.210. The summed E-state index contributed by atoms with van der Waals surface area (Å²) in [6.07, 6.45) is 1.56. The van der Waals surface area contributed by atoms with Crippen LogP contribution in [-0.4, -0.2) is 13.9 Å². The van der Waals surface area contributed by atoms with Crippen molar-refractivity contribution in [1.82, 2.24) is 0 Å². The molecule has 0 saturated carbocycles. The number of hydrogen-bond donors (Lipinski definition) is 0. The molecular formula is C19H32OSi. The molecule has 0 aromatic heterocycles. The summed E-state index contributed by atoms with van der Waals surface area (Å²) in [5.41, 5.74) is 1.51. The molecule has 1 atom stereocenters. The van der Waals surface area contributed by atoms with E-state index in [0.717, 1.165) is 6.42 Å². The second kappa shape index (κ2) is 6.91. The highest BCUT2D eigenvalue weighted by Crippen LogP contribution is 2.50. The Bertz CT molecular complexity index is 460. The van der Waals surface area contributed by atoms with Gasteiger partial charge in [0.25, 0.3) is 0 Å². The van der Waals surface area contributed by atoms with Crippen molar-refractivity contribution in [1.29, 1.82) is 0 Å². The number of carbonyl (C=O) groups excluding carboxylic acids is 1. The van der Waals surface area contributed by atoms with Gasteiger partial charge in [-0.05, 0) is 22.9 Å². The van der Waals surface area contributed by atoms with Crippen LogP contribution in [0.3, 0.4) is 0 Å². The average Bonchev–Trinajstić information content (AvgIpc) is 2.44. The van der Waals surface area contributed by atoms with Gasteiger partial charge in [0.15, 0.2) is 0 Å². The van der Waals surface area contributed by atoms with Crippen LogP contribution < -0.4 is 0 Å². The second-order valence-electron chi connectivity index (χ2n) is 7.66. The smallest absolute Gasteiger partial charge is 0.133 e. The van der Waals surface area contributed by atoms with Gasteiger partial charge in [-0.1, -0.05) is 78.0 Å². The van der Waals surface area contributed by atoms with E-state index in [4.69, 9.17) is 0 Å². The molecule has 0 N–H and O–H groups in total. The fraction of sp³-hybridized carbons (Fsp3) is 0.632. The topological polar surface area (TPSA) is 17.1 Å². The second-order valence-corrected chi connectivity index (χ2v) is 13.1. The maximum absolute atomic E-state index is 12.7. The van der Waals surface area contributed by atoms with E-state index in [1.165, 1.54) is 5.56 Å². The molecule has 0 unspecified atom stereocenters. The Morgan fingerprint density at radius 3 is 2.10 bits per heavy atom. The van der Waals surface area contributed by atoms with Crippen molar-refractivity contribution in [2.45, 2.75) is 71.1 Å². The molecule has 1 rings (SSSR count). The zero-order valence-corrected chi connectivity index (χ0v) is 15.9. The summed E-state index contributed by atoms with van der Waals surface area (Å²) in [5.74, 6) is 1.05. The standard InChI is InChI=1S/C19H32OSi/c1-8-17(20)18(14-16-12-10-9-11-13-16)21(6,7)19(4,5)15(2)3/h9-13,15,18H,8,14H2,1-7H3/t18-/m0/s1. The molecule has 1 aromatic carbocycles. The van der Waals surface area contributed by atoms with Crippen molar-refractivity contribution in [3.8, 4) is 0 Å². The first-order valence-corrected chi connectivity index (χ1v) is 11.3. The predicted molar refractivity (Wildman–Crippen MR) is 95.6 cm³/mol. The number of benzene rings is 1. The summed E-state index contributed by atoms with van der Waals surface area (Å²) in [4.78, 5) is 12.7. The Morgan fingerprint density at radius 1 is 1.14 bits per heavy atom. The van der Waals surface area contributed by atoms with Crippen molar-refractivity contribution in [3.63, 3.8) is 0 Å². The minimum Gasteiger partial charge on any atom is -0.300 e. The molecular weight excluding hydrogens is 272 g/mol. The Labute approximate surface area is 132 Å². The first-order valence-electron chi connectivity index (χ1n) is 8.21. The van der Waals surface area contributed by atoms with Crippen LogP contribution in [-0.2, 0) is 11.2 Å².